The Bertz CT molecular complexity index is 287. The summed E-state index contributed by atoms with van der Waals surface area (Å²) in [4.78, 5) is 0. The molecule has 1 N–H and O–H groups in total. The van der Waals surface area contributed by atoms with Crippen molar-refractivity contribution in [2.45, 2.75) is 0 Å². The first-order chi connectivity index (χ1) is 5.88. The SMILES string of the molecule is SN1C=NNN1c1ccccc1. The summed E-state index contributed by atoms with van der Waals surface area (Å²) in [5.41, 5.74) is 3.77. The highest BCUT2D eigenvalue weighted by molar-refractivity contribution is 7.78. The third kappa shape index (κ3) is 1.18. The van der Waals surface area contributed by atoms with Crippen molar-refractivity contribution in [3.05, 3.63) is 30.3 Å². The molecule has 0 aliphatic carbocycles. The van der Waals surface area contributed by atoms with E-state index in [2.05, 4.69) is 23.5 Å². The van der Waals surface area contributed by atoms with Crippen LogP contribution in [-0.2, 0) is 0 Å². The molecule has 2 rings (SSSR count). The molecule has 1 aromatic rings. The number of nitrogens with one attached hydrogen (secondary N) is 1. The predicted molar refractivity (Wildman–Crippen MR) is 51.4 cm³/mol. The van der Waals surface area contributed by atoms with Crippen LogP contribution in [0.25, 0.3) is 0 Å². The summed E-state index contributed by atoms with van der Waals surface area (Å²) in [6.07, 6.45) is 1.58. The minimum absolute atomic E-state index is 0.991. The lowest BCUT2D eigenvalue weighted by molar-refractivity contribution is 0.569. The van der Waals surface area contributed by atoms with Gasteiger partial charge in [-0.3, -0.25) is 0 Å². The van der Waals surface area contributed by atoms with Gasteiger partial charge < -0.3 is 0 Å². The fraction of sp³-hybridized carbons (Fsp3) is 0. The van der Waals surface area contributed by atoms with Gasteiger partial charge in [-0.1, -0.05) is 18.2 Å². The maximum atomic E-state index is 4.15. The first-order valence-corrected chi connectivity index (χ1v) is 3.90. The number of anilines is 1. The van der Waals surface area contributed by atoms with Crippen molar-refractivity contribution in [2.24, 2.45) is 5.10 Å². The molecule has 0 fully saturated rings. The summed E-state index contributed by atoms with van der Waals surface area (Å²) in [7, 11) is 0. The van der Waals surface area contributed by atoms with Gasteiger partial charge in [0, 0.05) is 0 Å². The Morgan fingerprint density at radius 3 is 2.58 bits per heavy atom. The van der Waals surface area contributed by atoms with Crippen LogP contribution >= 0.6 is 12.8 Å². The van der Waals surface area contributed by atoms with E-state index in [1.165, 1.54) is 0 Å². The van der Waals surface area contributed by atoms with Gasteiger partial charge in [0.25, 0.3) is 0 Å². The van der Waals surface area contributed by atoms with Crippen molar-refractivity contribution in [1.82, 2.24) is 9.95 Å². The van der Waals surface area contributed by atoms with Crippen LogP contribution in [0.2, 0.25) is 0 Å². The molecule has 0 bridgehead atoms. The second kappa shape index (κ2) is 2.94. The maximum Gasteiger partial charge on any atom is 0.146 e. The topological polar surface area (TPSA) is 30.9 Å². The summed E-state index contributed by atoms with van der Waals surface area (Å²) in [5.74, 6) is 0. The van der Waals surface area contributed by atoms with Crippen molar-refractivity contribution in [3.63, 3.8) is 0 Å². The molecule has 4 nitrogen and oxygen atoms in total. The van der Waals surface area contributed by atoms with Crippen LogP contribution < -0.4 is 10.7 Å². The molecule has 0 atom stereocenters. The second-order valence-corrected chi connectivity index (χ2v) is 2.72. The second-order valence-electron chi connectivity index (χ2n) is 2.31. The number of para-hydroxylation sites is 1. The molecule has 1 aromatic carbocycles. The molecule has 0 saturated carbocycles. The number of hydrazine groups is 2. The molecule has 0 unspecified atom stereocenters. The quantitative estimate of drug-likeness (QED) is 0.632. The van der Waals surface area contributed by atoms with Crippen LogP contribution in [0.4, 0.5) is 5.69 Å². The van der Waals surface area contributed by atoms with E-state index in [1.54, 1.807) is 15.9 Å². The Kier molecular flexibility index (Phi) is 1.79. The van der Waals surface area contributed by atoms with Gasteiger partial charge in [-0.15, -0.1) is 5.10 Å². The number of nitrogens with zero attached hydrogens (tertiary/aromatic N) is 3. The van der Waals surface area contributed by atoms with Crippen molar-refractivity contribution >= 4 is 24.8 Å². The van der Waals surface area contributed by atoms with Gasteiger partial charge in [-0.05, 0) is 24.9 Å². The lowest BCUT2D eigenvalue weighted by Crippen LogP contribution is -2.37. The monoisotopic (exact) mass is 180 g/mol. The Morgan fingerprint density at radius 2 is 2.00 bits per heavy atom. The number of hydrazone groups is 1. The van der Waals surface area contributed by atoms with Crippen LogP contribution in [0, 0.1) is 0 Å². The van der Waals surface area contributed by atoms with Crippen molar-refractivity contribution in [1.29, 1.82) is 0 Å². The molecule has 1 aliphatic rings. The Labute approximate surface area is 76.0 Å². The van der Waals surface area contributed by atoms with Crippen LogP contribution in [0.1, 0.15) is 0 Å². The highest BCUT2D eigenvalue weighted by atomic mass is 32.1. The van der Waals surface area contributed by atoms with Gasteiger partial charge in [-0.2, -0.15) is 15.1 Å². The van der Waals surface area contributed by atoms with E-state index in [0.717, 1.165) is 5.69 Å². The van der Waals surface area contributed by atoms with Crippen LogP contribution in [0.15, 0.2) is 35.4 Å². The molecule has 0 radical (unpaired) electrons. The number of hydrogen-bond donors (Lipinski definition) is 2. The largest absolute Gasteiger partial charge is 0.197 e. The standard InChI is InChI=1S/C7H8N4S/c12-10-6-8-9-11(10)7-4-2-1-3-5-7/h1-6,9,12H. The molecule has 0 spiro atoms. The summed E-state index contributed by atoms with van der Waals surface area (Å²) < 4.78 is 1.56. The van der Waals surface area contributed by atoms with Gasteiger partial charge >= 0.3 is 0 Å². The lowest BCUT2D eigenvalue weighted by atomic mass is 10.3. The fourth-order valence-electron chi connectivity index (χ4n) is 0.975. The average molecular weight is 180 g/mol. The summed E-state index contributed by atoms with van der Waals surface area (Å²) in [5, 5.41) is 5.53. The zero-order chi connectivity index (χ0) is 8.39. The predicted octanol–water partition coefficient (Wildman–Crippen LogP) is 1.02. The van der Waals surface area contributed by atoms with E-state index in [-0.39, 0.29) is 0 Å². The smallest absolute Gasteiger partial charge is 0.146 e. The molecule has 0 saturated heterocycles. The van der Waals surface area contributed by atoms with E-state index in [0.29, 0.717) is 0 Å². The first kappa shape index (κ1) is 7.30. The molecule has 5 heteroatoms. The first-order valence-electron chi connectivity index (χ1n) is 3.50. The van der Waals surface area contributed by atoms with E-state index < -0.39 is 0 Å². The fourth-order valence-corrected chi connectivity index (χ4v) is 1.17. The zero-order valence-corrected chi connectivity index (χ0v) is 7.15. The van der Waals surface area contributed by atoms with Crippen molar-refractivity contribution < 1.29 is 0 Å². The van der Waals surface area contributed by atoms with Crippen molar-refractivity contribution in [3.8, 4) is 0 Å². The zero-order valence-electron chi connectivity index (χ0n) is 6.25. The average Bonchev–Trinajstić information content (AvgIpc) is 2.53. The molecule has 1 heterocycles. The Hall–Kier alpha value is -1.36. The third-order valence-electron chi connectivity index (χ3n) is 1.52. The number of benzene rings is 1. The Balaban J connectivity index is 2.22. The molecule has 0 amide bonds. The van der Waals surface area contributed by atoms with Gasteiger partial charge in [0.1, 0.15) is 6.34 Å². The van der Waals surface area contributed by atoms with Crippen LogP contribution in [0.3, 0.4) is 0 Å². The molecule has 12 heavy (non-hydrogen) atoms. The summed E-state index contributed by atoms with van der Waals surface area (Å²) >= 11 is 4.15. The molecular formula is C7H8N4S. The lowest BCUT2D eigenvalue weighted by Gasteiger charge is -2.22. The minimum Gasteiger partial charge on any atom is -0.197 e. The minimum atomic E-state index is 0.991. The van der Waals surface area contributed by atoms with E-state index in [1.807, 2.05) is 30.3 Å². The van der Waals surface area contributed by atoms with Crippen molar-refractivity contribution in [2.75, 3.05) is 5.12 Å². The number of thiol groups is 1. The van der Waals surface area contributed by atoms with Crippen LogP contribution in [0.5, 0.6) is 0 Å². The molecule has 0 aromatic heterocycles. The maximum absolute atomic E-state index is 4.15. The highest BCUT2D eigenvalue weighted by Crippen LogP contribution is 2.15. The molecular weight excluding hydrogens is 172 g/mol. The van der Waals surface area contributed by atoms with E-state index in [9.17, 15) is 0 Å². The normalized spacial score (nSPS) is 15.1. The van der Waals surface area contributed by atoms with E-state index in [4.69, 9.17) is 0 Å². The Morgan fingerprint density at radius 1 is 1.25 bits per heavy atom. The van der Waals surface area contributed by atoms with Crippen LogP contribution in [-0.4, -0.2) is 10.8 Å². The third-order valence-corrected chi connectivity index (χ3v) is 1.80. The highest BCUT2D eigenvalue weighted by Gasteiger charge is 2.13. The van der Waals surface area contributed by atoms with E-state index >= 15 is 0 Å². The van der Waals surface area contributed by atoms with Gasteiger partial charge in [0.05, 0.1) is 5.69 Å². The number of hydrogen-bond acceptors (Lipinski definition) is 5. The van der Waals surface area contributed by atoms with Gasteiger partial charge in [0.15, 0.2) is 0 Å². The van der Waals surface area contributed by atoms with Gasteiger partial charge in [-0.25, -0.2) is 0 Å². The summed E-state index contributed by atoms with van der Waals surface area (Å²) in [6.45, 7) is 0. The van der Waals surface area contributed by atoms with Gasteiger partial charge in [0.2, 0.25) is 0 Å². The molecule has 62 valence electrons. The molecule has 1 aliphatic heterocycles. The number of rotatable bonds is 1. The summed E-state index contributed by atoms with van der Waals surface area (Å²) in [6, 6.07) is 9.80.